The average molecular weight is 504 g/mol. The SMILES string of the molecule is O=C(CNC(=O)c1cccc(C(F)(F)F)c1)NC1CN(C2CCC(c3cccc(C(=O)O)c3)CC2)C1. The molecular formula is C26H28F3N3O4. The van der Waals surface area contributed by atoms with Crippen LogP contribution in [0, 0.1) is 0 Å². The molecule has 0 aromatic heterocycles. The number of likely N-dealkylation sites (tertiary alicyclic amines) is 1. The van der Waals surface area contributed by atoms with Gasteiger partial charge in [-0.15, -0.1) is 0 Å². The Labute approximate surface area is 206 Å². The lowest BCUT2D eigenvalue weighted by Crippen LogP contribution is -2.63. The lowest BCUT2D eigenvalue weighted by molar-refractivity contribution is -0.137. The molecule has 36 heavy (non-hydrogen) atoms. The van der Waals surface area contributed by atoms with Crippen molar-refractivity contribution in [1.29, 1.82) is 0 Å². The molecule has 0 bridgehead atoms. The molecule has 1 aliphatic carbocycles. The number of alkyl halides is 3. The van der Waals surface area contributed by atoms with Crippen molar-refractivity contribution in [3.05, 3.63) is 70.8 Å². The van der Waals surface area contributed by atoms with Gasteiger partial charge in [0.1, 0.15) is 0 Å². The summed E-state index contributed by atoms with van der Waals surface area (Å²) in [6.45, 7) is 1.10. The van der Waals surface area contributed by atoms with Crippen LogP contribution in [0.1, 0.15) is 63.4 Å². The van der Waals surface area contributed by atoms with E-state index in [-0.39, 0.29) is 24.1 Å². The normalized spacial score (nSPS) is 20.9. The first-order chi connectivity index (χ1) is 17.1. The minimum Gasteiger partial charge on any atom is -0.478 e. The van der Waals surface area contributed by atoms with Gasteiger partial charge in [-0.05, 0) is 67.5 Å². The van der Waals surface area contributed by atoms with Crippen LogP contribution >= 0.6 is 0 Å². The fourth-order valence-electron chi connectivity index (χ4n) is 4.98. The highest BCUT2D eigenvalue weighted by molar-refractivity contribution is 5.96. The third-order valence-electron chi connectivity index (χ3n) is 6.95. The van der Waals surface area contributed by atoms with E-state index in [1.807, 2.05) is 6.07 Å². The second-order valence-corrected chi connectivity index (χ2v) is 9.42. The zero-order valence-electron chi connectivity index (χ0n) is 19.6. The second-order valence-electron chi connectivity index (χ2n) is 9.42. The lowest BCUT2D eigenvalue weighted by Gasteiger charge is -2.46. The van der Waals surface area contributed by atoms with E-state index in [1.54, 1.807) is 18.2 Å². The molecule has 0 spiro atoms. The van der Waals surface area contributed by atoms with Crippen molar-refractivity contribution in [2.45, 2.75) is 49.9 Å². The van der Waals surface area contributed by atoms with Crippen molar-refractivity contribution in [2.75, 3.05) is 19.6 Å². The molecule has 0 unspecified atom stereocenters. The van der Waals surface area contributed by atoms with Gasteiger partial charge in [0.25, 0.3) is 5.91 Å². The van der Waals surface area contributed by atoms with Gasteiger partial charge in [0, 0.05) is 24.7 Å². The molecule has 2 aromatic carbocycles. The quantitative estimate of drug-likeness (QED) is 0.536. The Kier molecular flexibility index (Phi) is 7.63. The molecule has 0 radical (unpaired) electrons. The van der Waals surface area contributed by atoms with Crippen LogP contribution in [0.2, 0.25) is 0 Å². The van der Waals surface area contributed by atoms with E-state index in [1.165, 1.54) is 6.07 Å². The van der Waals surface area contributed by atoms with Gasteiger partial charge >= 0.3 is 12.1 Å². The Hall–Kier alpha value is -3.40. The summed E-state index contributed by atoms with van der Waals surface area (Å²) in [5.41, 5.74) is 0.297. The molecule has 3 N–H and O–H groups in total. The van der Waals surface area contributed by atoms with Gasteiger partial charge in [-0.1, -0.05) is 18.2 Å². The largest absolute Gasteiger partial charge is 0.478 e. The highest BCUT2D eigenvalue weighted by atomic mass is 19.4. The predicted molar refractivity (Wildman–Crippen MR) is 126 cm³/mol. The van der Waals surface area contributed by atoms with Crippen LogP contribution in [0.25, 0.3) is 0 Å². The van der Waals surface area contributed by atoms with Gasteiger partial charge in [0.2, 0.25) is 5.91 Å². The highest BCUT2D eigenvalue weighted by Crippen LogP contribution is 2.36. The Morgan fingerprint density at radius 2 is 1.61 bits per heavy atom. The first-order valence-electron chi connectivity index (χ1n) is 11.9. The van der Waals surface area contributed by atoms with E-state index in [4.69, 9.17) is 0 Å². The minimum atomic E-state index is -4.55. The number of rotatable bonds is 7. The van der Waals surface area contributed by atoms with Crippen molar-refractivity contribution >= 4 is 17.8 Å². The molecule has 2 amide bonds. The number of amides is 2. The molecule has 0 atom stereocenters. The smallest absolute Gasteiger partial charge is 0.416 e. The molecule has 4 rings (SSSR count). The van der Waals surface area contributed by atoms with Crippen LogP contribution in [-0.2, 0) is 11.0 Å². The van der Waals surface area contributed by atoms with E-state index in [0.717, 1.165) is 49.4 Å². The van der Waals surface area contributed by atoms with Gasteiger partial charge < -0.3 is 15.7 Å². The Morgan fingerprint density at radius 1 is 0.944 bits per heavy atom. The van der Waals surface area contributed by atoms with Crippen LogP contribution in [0.15, 0.2) is 48.5 Å². The molecule has 1 heterocycles. The molecule has 1 saturated carbocycles. The number of halogens is 3. The maximum Gasteiger partial charge on any atom is 0.416 e. The van der Waals surface area contributed by atoms with Gasteiger partial charge in [0.15, 0.2) is 0 Å². The number of hydrogen-bond donors (Lipinski definition) is 3. The van der Waals surface area contributed by atoms with Gasteiger partial charge in [0.05, 0.1) is 23.7 Å². The number of carboxylic acid groups (broad SMARTS) is 1. The Balaban J connectivity index is 1.17. The maximum absolute atomic E-state index is 12.8. The van der Waals surface area contributed by atoms with E-state index in [9.17, 15) is 32.7 Å². The van der Waals surface area contributed by atoms with Crippen LogP contribution in [-0.4, -0.2) is 59.5 Å². The zero-order chi connectivity index (χ0) is 25.9. The number of carbonyl (C=O) groups is 3. The fraction of sp³-hybridized carbons (Fsp3) is 0.423. The summed E-state index contributed by atoms with van der Waals surface area (Å²) in [6, 6.07) is 11.6. The molecule has 1 aliphatic heterocycles. The Morgan fingerprint density at radius 3 is 2.28 bits per heavy atom. The summed E-state index contributed by atoms with van der Waals surface area (Å²) in [4.78, 5) is 37.9. The molecule has 2 aliphatic rings. The first kappa shape index (κ1) is 25.7. The molecular weight excluding hydrogens is 475 g/mol. The standard InChI is InChI=1S/C26H28F3N3O4/c27-26(28,29)20-6-2-4-18(12-20)24(34)30-13-23(33)31-21-14-32(15-21)22-9-7-16(8-10-22)17-3-1-5-19(11-17)25(35)36/h1-6,11-12,16,21-22H,7-10,13-15H2,(H,30,34)(H,31,33)(H,35,36). The zero-order valence-corrected chi connectivity index (χ0v) is 19.6. The molecule has 1 saturated heterocycles. The topological polar surface area (TPSA) is 98.7 Å². The number of nitrogens with zero attached hydrogens (tertiary/aromatic N) is 1. The third kappa shape index (κ3) is 6.23. The number of carbonyl (C=O) groups excluding carboxylic acids is 2. The van der Waals surface area contributed by atoms with Crippen LogP contribution < -0.4 is 10.6 Å². The van der Waals surface area contributed by atoms with Crippen LogP contribution in [0.4, 0.5) is 13.2 Å². The third-order valence-corrected chi connectivity index (χ3v) is 6.95. The van der Waals surface area contributed by atoms with Crippen molar-refractivity contribution in [1.82, 2.24) is 15.5 Å². The number of aromatic carboxylic acids is 1. The summed E-state index contributed by atoms with van der Waals surface area (Å²) in [5.74, 6) is -1.70. The van der Waals surface area contributed by atoms with Crippen molar-refractivity contribution in [3.8, 4) is 0 Å². The van der Waals surface area contributed by atoms with E-state index in [0.29, 0.717) is 30.6 Å². The summed E-state index contributed by atoms with van der Waals surface area (Å²) in [7, 11) is 0. The number of carboxylic acids is 1. The van der Waals surface area contributed by atoms with E-state index in [2.05, 4.69) is 15.5 Å². The average Bonchev–Trinajstić information content (AvgIpc) is 2.84. The fourth-order valence-corrected chi connectivity index (χ4v) is 4.98. The summed E-state index contributed by atoms with van der Waals surface area (Å²) in [6.07, 6.45) is -0.606. The summed E-state index contributed by atoms with van der Waals surface area (Å²) >= 11 is 0. The van der Waals surface area contributed by atoms with Gasteiger partial charge in [-0.2, -0.15) is 13.2 Å². The highest BCUT2D eigenvalue weighted by Gasteiger charge is 2.35. The van der Waals surface area contributed by atoms with Crippen molar-refractivity contribution < 1.29 is 32.7 Å². The first-order valence-corrected chi connectivity index (χ1v) is 11.9. The molecule has 7 nitrogen and oxygen atoms in total. The molecule has 10 heteroatoms. The van der Waals surface area contributed by atoms with E-state index < -0.39 is 23.6 Å². The van der Waals surface area contributed by atoms with Gasteiger partial charge in [-0.3, -0.25) is 14.5 Å². The second kappa shape index (κ2) is 10.7. The van der Waals surface area contributed by atoms with Crippen LogP contribution in [0.3, 0.4) is 0 Å². The number of benzene rings is 2. The monoisotopic (exact) mass is 503 g/mol. The summed E-state index contributed by atoms with van der Waals surface area (Å²) < 4.78 is 38.5. The minimum absolute atomic E-state index is 0.0343. The van der Waals surface area contributed by atoms with Crippen molar-refractivity contribution in [2.24, 2.45) is 0 Å². The molecule has 192 valence electrons. The lowest BCUT2D eigenvalue weighted by atomic mass is 9.80. The molecule has 2 aromatic rings. The number of nitrogens with one attached hydrogen (secondary N) is 2. The van der Waals surface area contributed by atoms with Gasteiger partial charge in [-0.25, -0.2) is 4.79 Å². The van der Waals surface area contributed by atoms with E-state index >= 15 is 0 Å². The summed E-state index contributed by atoms with van der Waals surface area (Å²) in [5, 5.41) is 14.4. The van der Waals surface area contributed by atoms with Crippen LogP contribution in [0.5, 0.6) is 0 Å². The maximum atomic E-state index is 12.8. The molecule has 2 fully saturated rings. The number of hydrogen-bond acceptors (Lipinski definition) is 4. The van der Waals surface area contributed by atoms with Crippen molar-refractivity contribution in [3.63, 3.8) is 0 Å². The predicted octanol–water partition coefficient (Wildman–Crippen LogP) is 3.66. The Bertz CT molecular complexity index is 1120.